The predicted molar refractivity (Wildman–Crippen MR) is 100 cm³/mol. The standard InChI is InChI=1S/C21H18F3N3O2/c22-21(23,24)16-6-3-13(4-7-16)19(28)15-2-1-9-27(11-15)20(29)14-5-8-17-18(10-14)26-12-25-17/h3-8,10,12,15H,1-2,9,11H2,(H,25,26)/t15-/m0/s1. The topological polar surface area (TPSA) is 66.1 Å². The number of H-pyrrole nitrogens is 1. The van der Waals surface area contributed by atoms with Crippen LogP contribution in [-0.4, -0.2) is 39.6 Å². The first-order valence-electron chi connectivity index (χ1n) is 9.27. The zero-order valence-electron chi connectivity index (χ0n) is 15.4. The molecule has 150 valence electrons. The average Bonchev–Trinajstić information content (AvgIpc) is 3.20. The first-order chi connectivity index (χ1) is 13.8. The minimum absolute atomic E-state index is 0.175. The molecule has 0 aliphatic carbocycles. The van der Waals surface area contributed by atoms with Gasteiger partial charge in [0.1, 0.15) is 0 Å². The molecule has 0 saturated carbocycles. The number of halogens is 3. The Morgan fingerprint density at radius 1 is 1.07 bits per heavy atom. The van der Waals surface area contributed by atoms with Crippen molar-refractivity contribution >= 4 is 22.7 Å². The second-order valence-electron chi connectivity index (χ2n) is 7.16. The lowest BCUT2D eigenvalue weighted by molar-refractivity contribution is -0.137. The quantitative estimate of drug-likeness (QED) is 0.665. The van der Waals surface area contributed by atoms with Gasteiger partial charge in [-0.05, 0) is 43.2 Å². The molecule has 0 spiro atoms. The van der Waals surface area contributed by atoms with Gasteiger partial charge in [-0.25, -0.2) is 4.98 Å². The number of hydrogen-bond donors (Lipinski definition) is 1. The number of rotatable bonds is 3. The van der Waals surface area contributed by atoms with Gasteiger partial charge in [-0.2, -0.15) is 13.2 Å². The number of piperidine rings is 1. The number of imidazole rings is 1. The number of Topliss-reactive ketones (excluding diaryl/α,β-unsaturated/α-hetero) is 1. The maximum atomic E-state index is 12.9. The average molecular weight is 401 g/mol. The van der Waals surface area contributed by atoms with Crippen LogP contribution in [0, 0.1) is 5.92 Å². The number of alkyl halides is 3. The minimum Gasteiger partial charge on any atom is -0.345 e. The molecular formula is C21H18F3N3O2. The molecule has 0 unspecified atom stereocenters. The van der Waals surface area contributed by atoms with Crippen LogP contribution in [0.4, 0.5) is 13.2 Å². The van der Waals surface area contributed by atoms with E-state index in [2.05, 4.69) is 9.97 Å². The van der Waals surface area contributed by atoms with Crippen molar-refractivity contribution in [2.75, 3.05) is 13.1 Å². The SMILES string of the molecule is O=C(c1ccc(C(F)(F)F)cc1)[C@H]1CCCN(C(=O)c2ccc3nc[nH]c3c2)C1. The van der Waals surface area contributed by atoms with Gasteiger partial charge in [0.2, 0.25) is 0 Å². The molecule has 2 heterocycles. The Labute approximate surface area is 164 Å². The number of aromatic nitrogens is 2. The van der Waals surface area contributed by atoms with E-state index in [0.717, 1.165) is 23.2 Å². The number of nitrogens with one attached hydrogen (secondary N) is 1. The molecule has 5 nitrogen and oxygen atoms in total. The van der Waals surface area contributed by atoms with Crippen LogP contribution < -0.4 is 0 Å². The van der Waals surface area contributed by atoms with E-state index in [1.54, 1.807) is 29.4 Å². The monoisotopic (exact) mass is 401 g/mol. The third-order valence-electron chi connectivity index (χ3n) is 5.24. The Bertz CT molecular complexity index is 1060. The number of ketones is 1. The van der Waals surface area contributed by atoms with Gasteiger partial charge in [-0.1, -0.05) is 12.1 Å². The van der Waals surface area contributed by atoms with E-state index < -0.39 is 17.7 Å². The predicted octanol–water partition coefficient (Wildman–Crippen LogP) is 4.32. The third kappa shape index (κ3) is 3.87. The van der Waals surface area contributed by atoms with Gasteiger partial charge in [0.25, 0.3) is 5.91 Å². The smallest absolute Gasteiger partial charge is 0.345 e. The third-order valence-corrected chi connectivity index (χ3v) is 5.24. The second-order valence-corrected chi connectivity index (χ2v) is 7.16. The zero-order valence-corrected chi connectivity index (χ0v) is 15.4. The van der Waals surface area contributed by atoms with E-state index >= 15 is 0 Å². The molecule has 1 amide bonds. The molecule has 3 aromatic rings. The van der Waals surface area contributed by atoms with Crippen molar-refractivity contribution in [2.24, 2.45) is 5.92 Å². The zero-order chi connectivity index (χ0) is 20.6. The molecule has 0 radical (unpaired) electrons. The molecule has 29 heavy (non-hydrogen) atoms. The maximum Gasteiger partial charge on any atom is 0.416 e. The normalized spacial score (nSPS) is 17.5. The number of benzene rings is 2. The van der Waals surface area contributed by atoms with Gasteiger partial charge in [0, 0.05) is 30.1 Å². The Morgan fingerprint density at radius 3 is 2.52 bits per heavy atom. The van der Waals surface area contributed by atoms with Crippen molar-refractivity contribution < 1.29 is 22.8 Å². The highest BCUT2D eigenvalue weighted by Gasteiger charge is 2.32. The van der Waals surface area contributed by atoms with Crippen LogP contribution in [0.1, 0.15) is 39.1 Å². The number of fused-ring (bicyclic) bond motifs is 1. The highest BCUT2D eigenvalue weighted by atomic mass is 19.4. The Balaban J connectivity index is 1.48. The molecule has 1 fully saturated rings. The summed E-state index contributed by atoms with van der Waals surface area (Å²) in [6.07, 6.45) is -1.62. The first kappa shape index (κ1) is 19.2. The summed E-state index contributed by atoms with van der Waals surface area (Å²) in [6, 6.07) is 9.43. The summed E-state index contributed by atoms with van der Waals surface area (Å²) in [5.41, 5.74) is 1.46. The number of likely N-dealkylation sites (tertiary alicyclic amines) is 1. The Kier molecular flexibility index (Phi) is 4.86. The van der Waals surface area contributed by atoms with Crippen LogP contribution in [0.15, 0.2) is 48.8 Å². The lowest BCUT2D eigenvalue weighted by Gasteiger charge is -2.32. The Morgan fingerprint density at radius 2 is 1.79 bits per heavy atom. The fourth-order valence-electron chi connectivity index (χ4n) is 3.69. The van der Waals surface area contributed by atoms with Crippen LogP contribution >= 0.6 is 0 Å². The van der Waals surface area contributed by atoms with Crippen LogP contribution in [-0.2, 0) is 6.18 Å². The minimum atomic E-state index is -4.44. The van der Waals surface area contributed by atoms with Gasteiger partial charge in [0.15, 0.2) is 5.78 Å². The number of amides is 1. The van der Waals surface area contributed by atoms with E-state index in [9.17, 15) is 22.8 Å². The lowest BCUT2D eigenvalue weighted by atomic mass is 9.89. The second kappa shape index (κ2) is 7.35. The molecule has 1 atom stereocenters. The fourth-order valence-corrected chi connectivity index (χ4v) is 3.69. The molecule has 1 saturated heterocycles. The van der Waals surface area contributed by atoms with Crippen molar-refractivity contribution in [1.82, 2.24) is 14.9 Å². The van der Waals surface area contributed by atoms with E-state index in [1.807, 2.05) is 0 Å². The summed E-state index contributed by atoms with van der Waals surface area (Å²) in [5.74, 6) is -0.841. The number of hydrogen-bond acceptors (Lipinski definition) is 3. The van der Waals surface area contributed by atoms with Gasteiger partial charge >= 0.3 is 6.18 Å². The summed E-state index contributed by atoms with van der Waals surface area (Å²) >= 11 is 0. The first-order valence-corrected chi connectivity index (χ1v) is 9.27. The number of nitrogens with zero attached hydrogens (tertiary/aromatic N) is 2. The lowest BCUT2D eigenvalue weighted by Crippen LogP contribution is -2.42. The number of carbonyl (C=O) groups is 2. The molecule has 1 aromatic heterocycles. The molecule has 2 aromatic carbocycles. The van der Waals surface area contributed by atoms with E-state index in [4.69, 9.17) is 0 Å². The summed E-state index contributed by atoms with van der Waals surface area (Å²) in [4.78, 5) is 34.4. The number of carbonyl (C=O) groups excluding carboxylic acids is 2. The number of aromatic amines is 1. The van der Waals surface area contributed by atoms with Crippen LogP contribution in [0.3, 0.4) is 0 Å². The highest BCUT2D eigenvalue weighted by molar-refractivity contribution is 6.00. The van der Waals surface area contributed by atoms with E-state index in [1.165, 1.54) is 12.1 Å². The van der Waals surface area contributed by atoms with E-state index in [0.29, 0.717) is 24.9 Å². The van der Waals surface area contributed by atoms with Gasteiger partial charge < -0.3 is 9.88 Å². The summed E-state index contributed by atoms with van der Waals surface area (Å²) < 4.78 is 38.2. The molecule has 1 N–H and O–H groups in total. The van der Waals surface area contributed by atoms with Gasteiger partial charge in [-0.15, -0.1) is 0 Å². The molecule has 0 bridgehead atoms. The molecule has 8 heteroatoms. The Hall–Kier alpha value is -3.16. The molecule has 4 rings (SSSR count). The van der Waals surface area contributed by atoms with Crippen molar-refractivity contribution in [1.29, 1.82) is 0 Å². The largest absolute Gasteiger partial charge is 0.416 e. The van der Waals surface area contributed by atoms with Crippen LogP contribution in [0.5, 0.6) is 0 Å². The maximum absolute atomic E-state index is 12.9. The van der Waals surface area contributed by atoms with Gasteiger partial charge in [-0.3, -0.25) is 9.59 Å². The summed E-state index contributed by atoms with van der Waals surface area (Å²) in [6.45, 7) is 0.788. The van der Waals surface area contributed by atoms with Crippen molar-refractivity contribution in [3.63, 3.8) is 0 Å². The fraction of sp³-hybridized carbons (Fsp3) is 0.286. The van der Waals surface area contributed by atoms with E-state index in [-0.39, 0.29) is 23.8 Å². The highest BCUT2D eigenvalue weighted by Crippen LogP contribution is 2.30. The summed E-state index contributed by atoms with van der Waals surface area (Å²) in [5, 5.41) is 0. The summed E-state index contributed by atoms with van der Waals surface area (Å²) in [7, 11) is 0. The molecule has 1 aliphatic heterocycles. The molecule has 1 aliphatic rings. The van der Waals surface area contributed by atoms with Crippen molar-refractivity contribution in [2.45, 2.75) is 19.0 Å². The van der Waals surface area contributed by atoms with Crippen molar-refractivity contribution in [3.8, 4) is 0 Å². The van der Waals surface area contributed by atoms with Crippen molar-refractivity contribution in [3.05, 3.63) is 65.5 Å². The van der Waals surface area contributed by atoms with Gasteiger partial charge in [0.05, 0.1) is 22.9 Å². The van der Waals surface area contributed by atoms with Crippen LogP contribution in [0.25, 0.3) is 11.0 Å². The molecular weight excluding hydrogens is 383 g/mol. The van der Waals surface area contributed by atoms with Crippen LogP contribution in [0.2, 0.25) is 0 Å².